The molecule has 19 heavy (non-hydrogen) atoms. The molecule has 2 atom stereocenters. The minimum atomic E-state index is 0.444. The van der Waals surface area contributed by atoms with Crippen LogP contribution in [0, 0.1) is 0 Å². The molecule has 100 valence electrons. The van der Waals surface area contributed by atoms with Crippen LogP contribution in [0.4, 0.5) is 0 Å². The smallest absolute Gasteiger partial charge is 0.0320 e. The van der Waals surface area contributed by atoms with Gasteiger partial charge in [-0.2, -0.15) is 0 Å². The zero-order chi connectivity index (χ0) is 13.5. The van der Waals surface area contributed by atoms with Crippen molar-refractivity contribution in [3.05, 3.63) is 71.8 Å². The largest absolute Gasteiger partial charge is 0.307 e. The highest BCUT2D eigenvalue weighted by atomic mass is 14.9. The fourth-order valence-electron chi connectivity index (χ4n) is 2.51. The van der Waals surface area contributed by atoms with Crippen LogP contribution in [0.15, 0.2) is 60.7 Å². The molecular weight excluding hydrogens is 230 g/mol. The van der Waals surface area contributed by atoms with E-state index in [2.05, 4.69) is 79.8 Å². The second kappa shape index (κ2) is 7.10. The van der Waals surface area contributed by atoms with Gasteiger partial charge in [0, 0.05) is 12.1 Å². The monoisotopic (exact) mass is 253 g/mol. The first-order chi connectivity index (χ1) is 9.29. The summed E-state index contributed by atoms with van der Waals surface area (Å²) in [7, 11) is 0. The predicted octanol–water partition coefficient (Wildman–Crippen LogP) is 4.36. The second-order valence-corrected chi connectivity index (χ2v) is 5.13. The van der Waals surface area contributed by atoms with Gasteiger partial charge in [-0.05, 0) is 30.9 Å². The van der Waals surface area contributed by atoms with Crippen molar-refractivity contribution < 1.29 is 0 Å². The molecule has 0 heterocycles. The van der Waals surface area contributed by atoms with Crippen molar-refractivity contribution in [1.29, 1.82) is 0 Å². The lowest BCUT2D eigenvalue weighted by Gasteiger charge is -2.23. The Morgan fingerprint density at radius 2 is 1.47 bits per heavy atom. The molecule has 0 aliphatic heterocycles. The number of nitrogens with one attached hydrogen (secondary N) is 1. The molecule has 1 nitrogen and oxygen atoms in total. The number of benzene rings is 2. The highest BCUT2D eigenvalue weighted by Crippen LogP contribution is 2.17. The standard InChI is InChI=1S/C18H23N/c1-3-18(17-12-8-5-9-13-17)19-15(2)14-16-10-6-4-7-11-16/h4-13,15,18-19H,3,14H2,1-2H3. The second-order valence-electron chi connectivity index (χ2n) is 5.13. The van der Waals surface area contributed by atoms with Gasteiger partial charge < -0.3 is 5.32 Å². The zero-order valence-corrected chi connectivity index (χ0v) is 11.8. The first-order valence-corrected chi connectivity index (χ1v) is 7.14. The molecule has 0 aromatic heterocycles. The molecule has 2 aromatic carbocycles. The van der Waals surface area contributed by atoms with E-state index in [0.717, 1.165) is 12.8 Å². The lowest BCUT2D eigenvalue weighted by Crippen LogP contribution is -2.31. The summed E-state index contributed by atoms with van der Waals surface area (Å²) in [4.78, 5) is 0. The zero-order valence-electron chi connectivity index (χ0n) is 11.8. The quantitative estimate of drug-likeness (QED) is 0.806. The van der Waals surface area contributed by atoms with E-state index in [0.29, 0.717) is 12.1 Å². The van der Waals surface area contributed by atoms with E-state index in [-0.39, 0.29) is 0 Å². The van der Waals surface area contributed by atoms with Gasteiger partial charge >= 0.3 is 0 Å². The van der Waals surface area contributed by atoms with Gasteiger partial charge in [0.2, 0.25) is 0 Å². The van der Waals surface area contributed by atoms with Crippen LogP contribution >= 0.6 is 0 Å². The molecule has 0 saturated carbocycles. The Labute approximate surface area is 116 Å². The number of rotatable bonds is 6. The molecule has 0 amide bonds. The maximum Gasteiger partial charge on any atom is 0.0320 e. The number of hydrogen-bond acceptors (Lipinski definition) is 1. The van der Waals surface area contributed by atoms with E-state index in [1.807, 2.05) is 0 Å². The van der Waals surface area contributed by atoms with Gasteiger partial charge in [0.05, 0.1) is 0 Å². The van der Waals surface area contributed by atoms with Crippen LogP contribution in [-0.4, -0.2) is 6.04 Å². The third kappa shape index (κ3) is 4.22. The van der Waals surface area contributed by atoms with Crippen LogP contribution in [0.3, 0.4) is 0 Å². The first kappa shape index (κ1) is 13.8. The van der Waals surface area contributed by atoms with E-state index in [4.69, 9.17) is 0 Å². The minimum Gasteiger partial charge on any atom is -0.307 e. The molecule has 2 unspecified atom stereocenters. The Bertz CT molecular complexity index is 464. The molecule has 2 rings (SSSR count). The molecule has 0 radical (unpaired) electrons. The van der Waals surface area contributed by atoms with Crippen molar-refractivity contribution in [1.82, 2.24) is 5.32 Å². The summed E-state index contributed by atoms with van der Waals surface area (Å²) in [5.41, 5.74) is 2.77. The predicted molar refractivity (Wildman–Crippen MR) is 82.2 cm³/mol. The molecule has 2 aromatic rings. The molecule has 1 heteroatoms. The Kier molecular flexibility index (Phi) is 5.17. The lowest BCUT2D eigenvalue weighted by atomic mass is 10.0. The summed E-state index contributed by atoms with van der Waals surface area (Å²) in [5, 5.41) is 3.73. The van der Waals surface area contributed by atoms with Crippen molar-refractivity contribution in [2.45, 2.75) is 38.8 Å². The van der Waals surface area contributed by atoms with Crippen molar-refractivity contribution >= 4 is 0 Å². The minimum absolute atomic E-state index is 0.444. The third-order valence-electron chi connectivity index (χ3n) is 3.48. The average molecular weight is 253 g/mol. The van der Waals surface area contributed by atoms with Crippen molar-refractivity contribution in [3.8, 4) is 0 Å². The molecule has 0 spiro atoms. The van der Waals surface area contributed by atoms with Crippen LogP contribution in [0.2, 0.25) is 0 Å². The van der Waals surface area contributed by atoms with Crippen LogP contribution in [0.25, 0.3) is 0 Å². The Morgan fingerprint density at radius 3 is 2.05 bits per heavy atom. The number of hydrogen-bond donors (Lipinski definition) is 1. The fourth-order valence-corrected chi connectivity index (χ4v) is 2.51. The molecule has 0 fully saturated rings. The summed E-state index contributed by atoms with van der Waals surface area (Å²) >= 11 is 0. The van der Waals surface area contributed by atoms with Gasteiger partial charge in [-0.1, -0.05) is 67.6 Å². The van der Waals surface area contributed by atoms with E-state index in [1.54, 1.807) is 0 Å². The summed E-state index contributed by atoms with van der Waals surface area (Å²) in [6.07, 6.45) is 2.19. The van der Waals surface area contributed by atoms with Gasteiger partial charge in [-0.25, -0.2) is 0 Å². The molecule has 0 aliphatic rings. The van der Waals surface area contributed by atoms with E-state index < -0.39 is 0 Å². The summed E-state index contributed by atoms with van der Waals surface area (Å²) in [5.74, 6) is 0. The highest BCUT2D eigenvalue weighted by molar-refractivity contribution is 5.20. The third-order valence-corrected chi connectivity index (χ3v) is 3.48. The fraction of sp³-hybridized carbons (Fsp3) is 0.333. The Morgan fingerprint density at radius 1 is 0.895 bits per heavy atom. The van der Waals surface area contributed by atoms with E-state index in [9.17, 15) is 0 Å². The summed E-state index contributed by atoms with van der Waals surface area (Å²) < 4.78 is 0. The van der Waals surface area contributed by atoms with Gasteiger partial charge in [-0.3, -0.25) is 0 Å². The topological polar surface area (TPSA) is 12.0 Å². The molecule has 0 saturated heterocycles. The van der Waals surface area contributed by atoms with Gasteiger partial charge in [-0.15, -0.1) is 0 Å². The molecule has 0 bridgehead atoms. The van der Waals surface area contributed by atoms with Crippen LogP contribution < -0.4 is 5.32 Å². The van der Waals surface area contributed by atoms with Gasteiger partial charge in [0.25, 0.3) is 0 Å². The van der Waals surface area contributed by atoms with E-state index in [1.165, 1.54) is 11.1 Å². The maximum absolute atomic E-state index is 3.73. The van der Waals surface area contributed by atoms with Gasteiger partial charge in [0.1, 0.15) is 0 Å². The normalized spacial score (nSPS) is 14.0. The van der Waals surface area contributed by atoms with Crippen molar-refractivity contribution in [3.63, 3.8) is 0 Å². The molecular formula is C18H23N. The highest BCUT2D eigenvalue weighted by Gasteiger charge is 2.12. The maximum atomic E-state index is 3.73. The van der Waals surface area contributed by atoms with Crippen molar-refractivity contribution in [2.24, 2.45) is 0 Å². The summed E-state index contributed by atoms with van der Waals surface area (Å²) in [6, 6.07) is 22.3. The van der Waals surface area contributed by atoms with E-state index >= 15 is 0 Å². The Balaban J connectivity index is 1.95. The first-order valence-electron chi connectivity index (χ1n) is 7.14. The SMILES string of the molecule is CCC(NC(C)Cc1ccccc1)c1ccccc1. The summed E-state index contributed by atoms with van der Waals surface area (Å²) in [6.45, 7) is 4.50. The van der Waals surface area contributed by atoms with Crippen molar-refractivity contribution in [2.75, 3.05) is 0 Å². The average Bonchev–Trinajstić information content (AvgIpc) is 2.47. The van der Waals surface area contributed by atoms with Crippen LogP contribution in [0.5, 0.6) is 0 Å². The van der Waals surface area contributed by atoms with Crippen LogP contribution in [0.1, 0.15) is 37.4 Å². The molecule has 0 aliphatic carbocycles. The molecule has 1 N–H and O–H groups in total. The lowest BCUT2D eigenvalue weighted by molar-refractivity contribution is 0.443. The Hall–Kier alpha value is -1.60. The van der Waals surface area contributed by atoms with Gasteiger partial charge in [0.15, 0.2) is 0 Å². The van der Waals surface area contributed by atoms with Crippen LogP contribution in [-0.2, 0) is 6.42 Å².